The van der Waals surface area contributed by atoms with Gasteiger partial charge < -0.3 is 0 Å². The van der Waals surface area contributed by atoms with Gasteiger partial charge in [0.25, 0.3) is 0 Å². The van der Waals surface area contributed by atoms with E-state index in [0.717, 1.165) is 15.7 Å². The van der Waals surface area contributed by atoms with Crippen molar-refractivity contribution in [3.8, 4) is 6.07 Å². The molecule has 0 aliphatic carbocycles. The van der Waals surface area contributed by atoms with Crippen molar-refractivity contribution in [3.63, 3.8) is 0 Å². The molecular formula is C17H14BrN5. The minimum atomic E-state index is 0.637. The number of anilines is 1. The Kier molecular flexibility index (Phi) is 4.60. The maximum atomic E-state index is 8.96. The Morgan fingerprint density at radius 1 is 1.13 bits per heavy atom. The summed E-state index contributed by atoms with van der Waals surface area (Å²) in [4.78, 5) is 4.15. The first-order chi connectivity index (χ1) is 11.3. The molecule has 0 amide bonds. The molecule has 0 atom stereocenters. The summed E-state index contributed by atoms with van der Waals surface area (Å²) in [7, 11) is 0. The van der Waals surface area contributed by atoms with Crippen molar-refractivity contribution in [2.75, 3.05) is 5.01 Å². The van der Waals surface area contributed by atoms with Crippen LogP contribution in [0.3, 0.4) is 0 Å². The molecule has 114 valence electrons. The highest BCUT2D eigenvalue weighted by Crippen LogP contribution is 2.20. The van der Waals surface area contributed by atoms with E-state index in [0.29, 0.717) is 12.1 Å². The van der Waals surface area contributed by atoms with Crippen molar-refractivity contribution in [1.29, 1.82) is 5.26 Å². The van der Waals surface area contributed by atoms with Crippen LogP contribution in [0, 0.1) is 11.3 Å². The molecule has 2 aromatic rings. The molecule has 0 fully saturated rings. The largest absolute Gasteiger partial charge is 0.284 e. The Labute approximate surface area is 143 Å². The Hall–Kier alpha value is -2.78. The van der Waals surface area contributed by atoms with Crippen LogP contribution < -0.4 is 10.4 Å². The van der Waals surface area contributed by atoms with Crippen LogP contribution in [-0.2, 0) is 6.54 Å². The van der Waals surface area contributed by atoms with Crippen molar-refractivity contribution in [3.05, 3.63) is 76.5 Å². The van der Waals surface area contributed by atoms with Crippen LogP contribution in [0.25, 0.3) is 0 Å². The van der Waals surface area contributed by atoms with Gasteiger partial charge in [0.15, 0.2) is 0 Å². The minimum absolute atomic E-state index is 0.637. The Bertz CT molecular complexity index is 759. The molecule has 0 spiro atoms. The number of hydrogen-bond acceptors (Lipinski definition) is 5. The number of rotatable bonds is 4. The predicted octanol–water partition coefficient (Wildman–Crippen LogP) is 3.56. The molecule has 0 saturated carbocycles. The second kappa shape index (κ2) is 6.99. The highest BCUT2D eigenvalue weighted by atomic mass is 79.9. The molecule has 0 unspecified atom stereocenters. The first-order valence-electron chi connectivity index (χ1n) is 7.02. The SMILES string of the molecule is N#Cc1ccc(N(Cc2ccc(Br)cc2)N2C=NC=CN2)cc1. The van der Waals surface area contributed by atoms with Crippen molar-refractivity contribution in [2.45, 2.75) is 6.54 Å². The topological polar surface area (TPSA) is 54.7 Å². The summed E-state index contributed by atoms with van der Waals surface area (Å²) in [6.45, 7) is 0.659. The lowest BCUT2D eigenvalue weighted by molar-refractivity contribution is 0.328. The van der Waals surface area contributed by atoms with E-state index in [1.165, 1.54) is 0 Å². The standard InChI is InChI=1S/C17H14BrN5/c18-16-5-1-15(2-6-16)12-22(23-13-20-9-10-21-23)17-7-3-14(11-19)4-8-17/h1-10,13,21H,12H2. The Balaban J connectivity index is 1.89. The van der Waals surface area contributed by atoms with Crippen molar-refractivity contribution >= 4 is 28.0 Å². The van der Waals surface area contributed by atoms with Gasteiger partial charge in [-0.1, -0.05) is 28.1 Å². The van der Waals surface area contributed by atoms with Gasteiger partial charge in [0.1, 0.15) is 6.34 Å². The van der Waals surface area contributed by atoms with E-state index in [4.69, 9.17) is 5.26 Å². The summed E-state index contributed by atoms with van der Waals surface area (Å²) in [5.41, 5.74) is 5.88. The fourth-order valence-corrected chi connectivity index (χ4v) is 2.45. The lowest BCUT2D eigenvalue weighted by Gasteiger charge is -2.35. The number of aliphatic imine (C=N–C) groups is 1. The van der Waals surface area contributed by atoms with Gasteiger partial charge in [-0.25, -0.2) is 4.99 Å². The van der Waals surface area contributed by atoms with Gasteiger partial charge >= 0.3 is 0 Å². The second-order valence-electron chi connectivity index (χ2n) is 4.90. The lowest BCUT2D eigenvalue weighted by atomic mass is 10.2. The van der Waals surface area contributed by atoms with E-state index in [2.05, 4.69) is 44.6 Å². The highest BCUT2D eigenvalue weighted by molar-refractivity contribution is 9.10. The summed E-state index contributed by atoms with van der Waals surface area (Å²) >= 11 is 3.45. The average Bonchev–Trinajstić information content (AvgIpc) is 2.62. The van der Waals surface area contributed by atoms with E-state index >= 15 is 0 Å². The number of benzene rings is 2. The van der Waals surface area contributed by atoms with Crippen molar-refractivity contribution in [1.82, 2.24) is 10.5 Å². The normalized spacial score (nSPS) is 12.6. The summed E-state index contributed by atoms with van der Waals surface area (Å²) in [5, 5.41) is 12.8. The number of halogens is 1. The van der Waals surface area contributed by atoms with Gasteiger partial charge in [-0.3, -0.25) is 10.4 Å². The monoisotopic (exact) mass is 367 g/mol. The fourth-order valence-electron chi connectivity index (χ4n) is 2.18. The Morgan fingerprint density at radius 2 is 1.87 bits per heavy atom. The summed E-state index contributed by atoms with van der Waals surface area (Å²) in [5.74, 6) is 0. The molecule has 6 heteroatoms. The van der Waals surface area contributed by atoms with Crippen LogP contribution in [0.2, 0.25) is 0 Å². The first-order valence-corrected chi connectivity index (χ1v) is 7.81. The Morgan fingerprint density at radius 3 is 2.48 bits per heavy atom. The van der Waals surface area contributed by atoms with Crippen LogP contribution in [0.1, 0.15) is 11.1 Å². The number of nitriles is 1. The molecule has 5 nitrogen and oxygen atoms in total. The maximum absolute atomic E-state index is 8.96. The van der Waals surface area contributed by atoms with E-state index in [1.807, 2.05) is 34.4 Å². The predicted molar refractivity (Wildman–Crippen MR) is 94.1 cm³/mol. The molecule has 23 heavy (non-hydrogen) atoms. The number of nitrogens with one attached hydrogen (secondary N) is 1. The first kappa shape index (κ1) is 15.1. The average molecular weight is 368 g/mol. The molecule has 0 aromatic heterocycles. The van der Waals surface area contributed by atoms with Gasteiger partial charge in [0.2, 0.25) is 0 Å². The zero-order valence-corrected chi connectivity index (χ0v) is 13.8. The van der Waals surface area contributed by atoms with Gasteiger partial charge in [-0.2, -0.15) is 10.4 Å². The number of hydrazine groups is 2. The van der Waals surface area contributed by atoms with Crippen molar-refractivity contribution in [2.24, 2.45) is 4.99 Å². The molecule has 0 saturated heterocycles. The van der Waals surface area contributed by atoms with Crippen LogP contribution in [0.4, 0.5) is 5.69 Å². The minimum Gasteiger partial charge on any atom is -0.284 e. The maximum Gasteiger partial charge on any atom is 0.133 e. The molecule has 0 radical (unpaired) electrons. The van der Waals surface area contributed by atoms with Gasteiger partial charge in [-0.15, -0.1) is 0 Å². The zero-order chi connectivity index (χ0) is 16.1. The molecule has 2 aromatic carbocycles. The van der Waals surface area contributed by atoms with Crippen LogP contribution in [0.15, 0.2) is 70.4 Å². The summed E-state index contributed by atoms with van der Waals surface area (Å²) in [6.07, 6.45) is 5.16. The van der Waals surface area contributed by atoms with Gasteiger partial charge in [0, 0.05) is 16.9 Å². The number of nitrogens with zero attached hydrogens (tertiary/aromatic N) is 4. The van der Waals surface area contributed by atoms with Gasteiger partial charge in [0.05, 0.1) is 23.9 Å². The second-order valence-corrected chi connectivity index (χ2v) is 5.81. The van der Waals surface area contributed by atoms with Crippen LogP contribution >= 0.6 is 15.9 Å². The zero-order valence-electron chi connectivity index (χ0n) is 12.2. The third kappa shape index (κ3) is 3.71. The van der Waals surface area contributed by atoms with E-state index < -0.39 is 0 Å². The highest BCUT2D eigenvalue weighted by Gasteiger charge is 2.15. The summed E-state index contributed by atoms with van der Waals surface area (Å²) in [6, 6.07) is 17.8. The van der Waals surface area contributed by atoms with E-state index in [1.54, 1.807) is 30.9 Å². The third-order valence-corrected chi connectivity index (χ3v) is 3.87. The molecule has 3 rings (SSSR count). The molecule has 0 bridgehead atoms. The lowest BCUT2D eigenvalue weighted by Crippen LogP contribution is -2.48. The molecule has 1 aliphatic rings. The number of hydrogen-bond donors (Lipinski definition) is 1. The fraction of sp³-hybridized carbons (Fsp3) is 0.0588. The van der Waals surface area contributed by atoms with Crippen molar-refractivity contribution < 1.29 is 0 Å². The quantitative estimate of drug-likeness (QED) is 0.897. The molecular weight excluding hydrogens is 354 g/mol. The molecule has 1 N–H and O–H groups in total. The third-order valence-electron chi connectivity index (χ3n) is 3.34. The van der Waals surface area contributed by atoms with Crippen LogP contribution in [-0.4, -0.2) is 11.5 Å². The van der Waals surface area contributed by atoms with Crippen LogP contribution in [0.5, 0.6) is 0 Å². The molecule has 1 aliphatic heterocycles. The summed E-state index contributed by atoms with van der Waals surface area (Å²) < 4.78 is 1.05. The van der Waals surface area contributed by atoms with E-state index in [-0.39, 0.29) is 0 Å². The molecule has 1 heterocycles. The smallest absolute Gasteiger partial charge is 0.133 e. The van der Waals surface area contributed by atoms with Gasteiger partial charge in [-0.05, 0) is 42.0 Å². The van der Waals surface area contributed by atoms with E-state index in [9.17, 15) is 0 Å².